The number of halogens is 1. The van der Waals surface area contributed by atoms with Gasteiger partial charge in [0.15, 0.2) is 0 Å². The van der Waals surface area contributed by atoms with Gasteiger partial charge in [-0.1, -0.05) is 23.7 Å². The van der Waals surface area contributed by atoms with E-state index < -0.39 is 0 Å². The third-order valence-electron chi connectivity index (χ3n) is 3.67. The first-order valence-corrected chi connectivity index (χ1v) is 7.36. The quantitative estimate of drug-likeness (QED) is 0.868. The summed E-state index contributed by atoms with van der Waals surface area (Å²) < 4.78 is 9.92. The fourth-order valence-corrected chi connectivity index (χ4v) is 2.73. The number of carbonyl (C=O) groups is 1. The van der Waals surface area contributed by atoms with Crippen LogP contribution >= 0.6 is 11.6 Å². The Kier molecular flexibility index (Phi) is 4.20. The predicted molar refractivity (Wildman–Crippen MR) is 82.6 cm³/mol. The number of carbonyl (C=O) groups excluding carboxylic acids is 1. The number of hydrogen-bond acceptors (Lipinski definition) is 5. The van der Waals surface area contributed by atoms with Gasteiger partial charge in [-0.25, -0.2) is 0 Å². The Balaban J connectivity index is 1.64. The third-order valence-corrected chi connectivity index (χ3v) is 3.99. The molecule has 6 nitrogen and oxygen atoms in total. The van der Waals surface area contributed by atoms with Crippen molar-refractivity contribution in [1.82, 2.24) is 10.1 Å². The van der Waals surface area contributed by atoms with Gasteiger partial charge in [-0.05, 0) is 17.3 Å². The van der Waals surface area contributed by atoms with Gasteiger partial charge in [0.05, 0.1) is 23.9 Å². The van der Waals surface area contributed by atoms with Crippen molar-refractivity contribution in [3.8, 4) is 5.88 Å². The highest BCUT2D eigenvalue weighted by atomic mass is 35.5. The maximum absolute atomic E-state index is 12.3. The lowest BCUT2D eigenvalue weighted by Gasteiger charge is -2.36. The fraction of sp³-hybridized carbons (Fsp3) is 0.333. The van der Waals surface area contributed by atoms with Gasteiger partial charge in [0.2, 0.25) is 5.76 Å². The van der Waals surface area contributed by atoms with E-state index in [0.29, 0.717) is 19.0 Å². The van der Waals surface area contributed by atoms with Crippen molar-refractivity contribution in [2.75, 3.05) is 38.2 Å². The Hall–Kier alpha value is -2.21. The van der Waals surface area contributed by atoms with E-state index in [0.717, 1.165) is 23.8 Å². The van der Waals surface area contributed by atoms with E-state index in [-0.39, 0.29) is 11.7 Å². The molecule has 1 amide bonds. The second kappa shape index (κ2) is 6.27. The Bertz CT molecular complexity index is 666. The molecule has 1 aromatic carbocycles. The van der Waals surface area contributed by atoms with Crippen LogP contribution in [0.2, 0.25) is 5.02 Å². The number of methoxy groups -OCH3 is 1. The monoisotopic (exact) mass is 321 g/mol. The van der Waals surface area contributed by atoms with Crippen LogP contribution in [0.4, 0.5) is 5.69 Å². The molecule has 3 rings (SSSR count). The average molecular weight is 322 g/mol. The third kappa shape index (κ3) is 2.87. The first kappa shape index (κ1) is 14.7. The summed E-state index contributed by atoms with van der Waals surface area (Å²) in [5, 5.41) is 4.38. The molecular weight excluding hydrogens is 306 g/mol. The molecule has 1 aromatic heterocycles. The second-order valence-corrected chi connectivity index (χ2v) is 5.37. The summed E-state index contributed by atoms with van der Waals surface area (Å²) in [6.45, 7) is 2.65. The number of amides is 1. The second-order valence-electron chi connectivity index (χ2n) is 4.96. The van der Waals surface area contributed by atoms with Crippen LogP contribution in [0.5, 0.6) is 5.88 Å². The van der Waals surface area contributed by atoms with E-state index in [9.17, 15) is 4.79 Å². The van der Waals surface area contributed by atoms with E-state index in [4.69, 9.17) is 20.9 Å². The molecule has 0 N–H and O–H groups in total. The molecule has 22 heavy (non-hydrogen) atoms. The summed E-state index contributed by atoms with van der Waals surface area (Å²) in [4.78, 5) is 16.2. The molecule has 0 aliphatic carbocycles. The van der Waals surface area contributed by atoms with Crippen LogP contribution in [0, 0.1) is 0 Å². The van der Waals surface area contributed by atoms with Crippen molar-refractivity contribution in [1.29, 1.82) is 0 Å². The number of aromatic nitrogens is 1. The Labute approximate surface area is 133 Å². The minimum absolute atomic E-state index is 0.172. The molecule has 1 saturated heterocycles. The lowest BCUT2D eigenvalue weighted by molar-refractivity contribution is 0.0704. The molecule has 0 unspecified atom stereocenters. The van der Waals surface area contributed by atoms with Gasteiger partial charge in [-0.2, -0.15) is 0 Å². The molecule has 0 radical (unpaired) electrons. The van der Waals surface area contributed by atoms with Gasteiger partial charge < -0.3 is 19.1 Å². The van der Waals surface area contributed by atoms with Crippen molar-refractivity contribution in [3.63, 3.8) is 0 Å². The first-order chi connectivity index (χ1) is 10.7. The minimum atomic E-state index is -0.172. The maximum atomic E-state index is 12.3. The Morgan fingerprint density at radius 2 is 2.00 bits per heavy atom. The minimum Gasteiger partial charge on any atom is -0.479 e. The summed E-state index contributed by atoms with van der Waals surface area (Å²) in [7, 11) is 1.48. The van der Waals surface area contributed by atoms with Crippen molar-refractivity contribution in [3.05, 3.63) is 41.1 Å². The maximum Gasteiger partial charge on any atom is 0.292 e. The van der Waals surface area contributed by atoms with Crippen LogP contribution in [0.25, 0.3) is 0 Å². The predicted octanol–water partition coefficient (Wildman–Crippen LogP) is 2.30. The van der Waals surface area contributed by atoms with Crippen LogP contribution in [0.1, 0.15) is 10.6 Å². The van der Waals surface area contributed by atoms with Crippen LogP contribution in [0.15, 0.2) is 34.9 Å². The molecule has 1 aliphatic heterocycles. The number of nitrogens with zero attached hydrogens (tertiary/aromatic N) is 3. The van der Waals surface area contributed by atoms with Gasteiger partial charge in [0.25, 0.3) is 11.8 Å². The Morgan fingerprint density at radius 1 is 1.27 bits per heavy atom. The van der Waals surface area contributed by atoms with E-state index in [1.807, 2.05) is 24.3 Å². The summed E-state index contributed by atoms with van der Waals surface area (Å²) in [6, 6.07) is 9.22. The Morgan fingerprint density at radius 3 is 2.64 bits per heavy atom. The van der Waals surface area contributed by atoms with Crippen LogP contribution in [0.3, 0.4) is 0 Å². The summed E-state index contributed by atoms with van der Waals surface area (Å²) in [5.41, 5.74) is 0.998. The largest absolute Gasteiger partial charge is 0.479 e. The zero-order chi connectivity index (χ0) is 15.5. The van der Waals surface area contributed by atoms with E-state index >= 15 is 0 Å². The zero-order valence-corrected chi connectivity index (χ0v) is 12.9. The molecule has 1 aliphatic rings. The highest BCUT2D eigenvalue weighted by molar-refractivity contribution is 6.33. The van der Waals surface area contributed by atoms with Crippen molar-refractivity contribution in [2.24, 2.45) is 0 Å². The van der Waals surface area contributed by atoms with Gasteiger partial charge in [-0.3, -0.25) is 4.79 Å². The van der Waals surface area contributed by atoms with Gasteiger partial charge in [-0.15, -0.1) is 0 Å². The zero-order valence-electron chi connectivity index (χ0n) is 12.2. The van der Waals surface area contributed by atoms with E-state index in [1.165, 1.54) is 13.2 Å². The highest BCUT2D eigenvalue weighted by Gasteiger charge is 2.25. The lowest BCUT2D eigenvalue weighted by Crippen LogP contribution is -2.48. The van der Waals surface area contributed by atoms with Crippen molar-refractivity contribution in [2.45, 2.75) is 0 Å². The summed E-state index contributed by atoms with van der Waals surface area (Å²) in [6.07, 6.45) is 0. The molecule has 0 spiro atoms. The van der Waals surface area contributed by atoms with Gasteiger partial charge in [0, 0.05) is 26.2 Å². The average Bonchev–Trinajstić information content (AvgIpc) is 3.04. The number of hydrogen-bond donors (Lipinski definition) is 0. The van der Waals surface area contributed by atoms with E-state index in [2.05, 4.69) is 10.1 Å². The smallest absolute Gasteiger partial charge is 0.292 e. The van der Waals surface area contributed by atoms with Crippen molar-refractivity contribution >= 4 is 23.2 Å². The topological polar surface area (TPSA) is 58.8 Å². The number of rotatable bonds is 3. The first-order valence-electron chi connectivity index (χ1n) is 6.98. The van der Waals surface area contributed by atoms with Gasteiger partial charge in [0.1, 0.15) is 0 Å². The van der Waals surface area contributed by atoms with Gasteiger partial charge >= 0.3 is 0 Å². The molecule has 0 bridgehead atoms. The van der Waals surface area contributed by atoms with Crippen LogP contribution in [-0.2, 0) is 0 Å². The molecule has 0 saturated carbocycles. The summed E-state index contributed by atoms with van der Waals surface area (Å²) >= 11 is 6.21. The molecule has 2 aromatic rings. The summed E-state index contributed by atoms with van der Waals surface area (Å²) in [5.74, 6) is 0.329. The van der Waals surface area contributed by atoms with E-state index in [1.54, 1.807) is 4.90 Å². The lowest BCUT2D eigenvalue weighted by atomic mass is 10.2. The highest BCUT2D eigenvalue weighted by Crippen LogP contribution is 2.26. The number of benzene rings is 1. The number of ether oxygens (including phenoxy) is 1. The van der Waals surface area contributed by atoms with Crippen molar-refractivity contribution < 1.29 is 14.1 Å². The molecule has 116 valence electrons. The molecule has 1 fully saturated rings. The number of anilines is 1. The van der Waals surface area contributed by atoms with Crippen LogP contribution < -0.4 is 9.64 Å². The standard InChI is InChI=1S/C15H16ClN3O3/c1-21-14-10-13(22-17-14)15(20)19-8-6-18(7-9-19)12-5-3-2-4-11(12)16/h2-5,10H,6-9H2,1H3. The fourth-order valence-electron chi connectivity index (χ4n) is 2.47. The van der Waals surface area contributed by atoms with Crippen LogP contribution in [-0.4, -0.2) is 49.3 Å². The molecule has 7 heteroatoms. The molecule has 0 atom stereocenters. The number of para-hydroxylation sites is 1. The molecular formula is C15H16ClN3O3. The molecule has 2 heterocycles. The normalized spacial score (nSPS) is 15.0. The SMILES string of the molecule is COc1cc(C(=O)N2CCN(c3ccccc3Cl)CC2)on1. The number of piperazine rings is 1.